The van der Waals surface area contributed by atoms with Gasteiger partial charge < -0.3 is 10.6 Å². The summed E-state index contributed by atoms with van der Waals surface area (Å²) in [5.41, 5.74) is 3.54. The Balaban J connectivity index is 1.29. The molecule has 30 heavy (non-hydrogen) atoms. The number of rotatable bonds is 6. The molecular weight excluding hydrogens is 372 g/mol. The van der Waals surface area contributed by atoms with Gasteiger partial charge in [0.15, 0.2) is 5.96 Å². The number of benzene rings is 2. The molecule has 156 valence electrons. The van der Waals surface area contributed by atoms with Crippen molar-refractivity contribution in [2.75, 3.05) is 13.6 Å². The molecule has 1 aliphatic rings. The highest BCUT2D eigenvalue weighted by atomic mass is 15.3. The van der Waals surface area contributed by atoms with E-state index in [4.69, 9.17) is 0 Å². The molecule has 2 aromatic carbocycles. The number of guanidine groups is 1. The Morgan fingerprint density at radius 3 is 2.53 bits per heavy atom. The van der Waals surface area contributed by atoms with Gasteiger partial charge in [0.2, 0.25) is 0 Å². The zero-order valence-corrected chi connectivity index (χ0v) is 17.7. The number of aliphatic imine (C=N–C) groups is 1. The van der Waals surface area contributed by atoms with Crippen molar-refractivity contribution in [2.24, 2.45) is 4.99 Å². The van der Waals surface area contributed by atoms with Gasteiger partial charge in [-0.25, -0.2) is 4.68 Å². The number of likely N-dealkylation sites (tertiary alicyclic amines) is 1. The number of nitrogens with zero attached hydrogens (tertiary/aromatic N) is 4. The van der Waals surface area contributed by atoms with Gasteiger partial charge in [-0.2, -0.15) is 5.10 Å². The van der Waals surface area contributed by atoms with E-state index < -0.39 is 0 Å². The van der Waals surface area contributed by atoms with Crippen LogP contribution in [0.25, 0.3) is 5.69 Å². The second-order valence-electron chi connectivity index (χ2n) is 7.90. The van der Waals surface area contributed by atoms with Crippen LogP contribution in [0.2, 0.25) is 0 Å². The van der Waals surface area contributed by atoms with Crippen molar-refractivity contribution in [1.82, 2.24) is 25.3 Å². The lowest BCUT2D eigenvalue weighted by molar-refractivity contribution is 0.258. The van der Waals surface area contributed by atoms with E-state index in [1.807, 2.05) is 48.3 Å². The molecule has 0 aliphatic carbocycles. The van der Waals surface area contributed by atoms with Crippen molar-refractivity contribution < 1.29 is 0 Å². The first-order valence-electron chi connectivity index (χ1n) is 10.6. The average Bonchev–Trinajstić information content (AvgIpc) is 3.39. The van der Waals surface area contributed by atoms with Crippen LogP contribution in [-0.2, 0) is 13.1 Å². The highest BCUT2D eigenvalue weighted by Crippen LogP contribution is 2.20. The molecule has 4 rings (SSSR count). The zero-order chi connectivity index (χ0) is 20.8. The summed E-state index contributed by atoms with van der Waals surface area (Å²) in [6.07, 6.45) is 5.06. The standard InChI is InChI=1S/C24H30N6/c1-19-13-22(18-29(19)16-20-9-5-3-6-10-20)28-24(25-2)26-14-21-15-27-30(17-21)23-11-7-4-8-12-23/h3-12,15,17,19,22H,13-14,16,18H2,1-2H3,(H2,25,26,28). The predicted octanol–water partition coefficient (Wildman–Crippen LogP) is 3.20. The van der Waals surface area contributed by atoms with Crippen molar-refractivity contribution >= 4 is 5.96 Å². The van der Waals surface area contributed by atoms with Crippen LogP contribution in [0.4, 0.5) is 0 Å². The number of nitrogens with one attached hydrogen (secondary N) is 2. The fourth-order valence-corrected chi connectivity index (χ4v) is 3.99. The summed E-state index contributed by atoms with van der Waals surface area (Å²) < 4.78 is 1.90. The number of para-hydroxylation sites is 1. The maximum atomic E-state index is 4.46. The van der Waals surface area contributed by atoms with Gasteiger partial charge in [-0.3, -0.25) is 9.89 Å². The average molecular weight is 403 g/mol. The largest absolute Gasteiger partial charge is 0.352 e. The minimum Gasteiger partial charge on any atom is -0.352 e. The van der Waals surface area contributed by atoms with Crippen LogP contribution in [0.15, 0.2) is 78.0 Å². The maximum absolute atomic E-state index is 4.46. The summed E-state index contributed by atoms with van der Waals surface area (Å²) in [5, 5.41) is 11.5. The van der Waals surface area contributed by atoms with E-state index in [0.29, 0.717) is 18.6 Å². The van der Waals surface area contributed by atoms with Crippen LogP contribution in [0.5, 0.6) is 0 Å². The molecule has 0 radical (unpaired) electrons. The minimum absolute atomic E-state index is 0.391. The topological polar surface area (TPSA) is 57.5 Å². The molecule has 0 spiro atoms. The SMILES string of the molecule is CN=C(NCc1cnn(-c2ccccc2)c1)NC1CC(C)N(Cc2ccccc2)C1. The van der Waals surface area contributed by atoms with Crippen molar-refractivity contribution in [3.05, 3.63) is 84.2 Å². The third kappa shape index (κ3) is 5.07. The lowest BCUT2D eigenvalue weighted by atomic mass is 10.2. The Labute approximate surface area is 178 Å². The molecule has 2 unspecified atom stereocenters. The fourth-order valence-electron chi connectivity index (χ4n) is 3.99. The number of hydrogen-bond donors (Lipinski definition) is 2. The van der Waals surface area contributed by atoms with Gasteiger partial charge >= 0.3 is 0 Å². The summed E-state index contributed by atoms with van der Waals surface area (Å²) in [4.78, 5) is 6.95. The highest BCUT2D eigenvalue weighted by Gasteiger charge is 2.29. The van der Waals surface area contributed by atoms with Crippen LogP contribution in [0.3, 0.4) is 0 Å². The van der Waals surface area contributed by atoms with Crippen LogP contribution >= 0.6 is 0 Å². The molecule has 6 nitrogen and oxygen atoms in total. The summed E-state index contributed by atoms with van der Waals surface area (Å²) >= 11 is 0. The molecule has 1 aliphatic heterocycles. The molecule has 6 heteroatoms. The monoisotopic (exact) mass is 402 g/mol. The summed E-state index contributed by atoms with van der Waals surface area (Å²) in [5.74, 6) is 0.834. The molecule has 2 atom stereocenters. The van der Waals surface area contributed by atoms with Gasteiger partial charge in [-0.15, -0.1) is 0 Å². The molecule has 1 saturated heterocycles. The van der Waals surface area contributed by atoms with Gasteiger partial charge in [-0.05, 0) is 31.0 Å². The summed E-state index contributed by atoms with van der Waals surface area (Å²) in [6.45, 7) is 4.99. The van der Waals surface area contributed by atoms with Crippen molar-refractivity contribution in [1.29, 1.82) is 0 Å². The first kappa shape index (κ1) is 20.2. The van der Waals surface area contributed by atoms with Crippen molar-refractivity contribution in [2.45, 2.75) is 38.5 Å². The second-order valence-corrected chi connectivity index (χ2v) is 7.90. The Morgan fingerprint density at radius 1 is 1.07 bits per heavy atom. The van der Waals surface area contributed by atoms with Gasteiger partial charge in [0.1, 0.15) is 0 Å². The highest BCUT2D eigenvalue weighted by molar-refractivity contribution is 5.80. The predicted molar refractivity (Wildman–Crippen MR) is 122 cm³/mol. The maximum Gasteiger partial charge on any atom is 0.191 e. The molecule has 0 saturated carbocycles. The van der Waals surface area contributed by atoms with Crippen molar-refractivity contribution in [3.63, 3.8) is 0 Å². The fraction of sp³-hybridized carbons (Fsp3) is 0.333. The Hall–Kier alpha value is -3.12. The molecule has 1 aromatic heterocycles. The second kappa shape index (κ2) is 9.59. The van der Waals surface area contributed by atoms with E-state index in [2.05, 4.69) is 69.1 Å². The molecular formula is C24H30N6. The quantitative estimate of drug-likeness (QED) is 0.491. The summed E-state index contributed by atoms with van der Waals surface area (Å²) in [7, 11) is 1.82. The van der Waals surface area contributed by atoms with E-state index in [1.54, 1.807) is 0 Å². The van der Waals surface area contributed by atoms with Gasteiger partial charge in [0.25, 0.3) is 0 Å². The third-order valence-electron chi connectivity index (χ3n) is 5.61. The molecule has 0 amide bonds. The van der Waals surface area contributed by atoms with Crippen LogP contribution in [-0.4, -0.2) is 46.3 Å². The Morgan fingerprint density at radius 2 is 1.80 bits per heavy atom. The Bertz CT molecular complexity index is 950. The van der Waals surface area contributed by atoms with Crippen LogP contribution < -0.4 is 10.6 Å². The normalized spacial score (nSPS) is 19.7. The lowest BCUT2D eigenvalue weighted by Gasteiger charge is -2.21. The molecule has 0 bridgehead atoms. The lowest BCUT2D eigenvalue weighted by Crippen LogP contribution is -2.44. The minimum atomic E-state index is 0.391. The van der Waals surface area contributed by atoms with E-state index in [9.17, 15) is 0 Å². The third-order valence-corrected chi connectivity index (χ3v) is 5.61. The number of hydrogen-bond acceptors (Lipinski definition) is 3. The molecule has 3 aromatic rings. The van der Waals surface area contributed by atoms with E-state index in [0.717, 1.165) is 36.7 Å². The number of aromatic nitrogens is 2. The smallest absolute Gasteiger partial charge is 0.191 e. The Kier molecular flexibility index (Phi) is 6.44. The van der Waals surface area contributed by atoms with E-state index in [1.165, 1.54) is 5.56 Å². The molecule has 2 heterocycles. The van der Waals surface area contributed by atoms with E-state index >= 15 is 0 Å². The first-order chi connectivity index (χ1) is 14.7. The first-order valence-corrected chi connectivity index (χ1v) is 10.6. The molecule has 2 N–H and O–H groups in total. The van der Waals surface area contributed by atoms with Gasteiger partial charge in [0, 0.05) is 50.5 Å². The molecule has 1 fully saturated rings. The van der Waals surface area contributed by atoms with Crippen molar-refractivity contribution in [3.8, 4) is 5.69 Å². The van der Waals surface area contributed by atoms with Crippen LogP contribution in [0.1, 0.15) is 24.5 Å². The van der Waals surface area contributed by atoms with Gasteiger partial charge in [-0.1, -0.05) is 48.5 Å². The van der Waals surface area contributed by atoms with Gasteiger partial charge in [0.05, 0.1) is 11.9 Å². The van der Waals surface area contributed by atoms with Crippen LogP contribution in [0, 0.1) is 0 Å². The summed E-state index contributed by atoms with van der Waals surface area (Å²) in [6, 6.07) is 21.8. The van der Waals surface area contributed by atoms with E-state index in [-0.39, 0.29) is 0 Å². The zero-order valence-electron chi connectivity index (χ0n) is 17.7.